The summed E-state index contributed by atoms with van der Waals surface area (Å²) in [6.45, 7) is 6.89. The van der Waals surface area contributed by atoms with Gasteiger partial charge in [0.2, 0.25) is 0 Å². The van der Waals surface area contributed by atoms with E-state index in [2.05, 4.69) is 33.1 Å². The molecule has 0 saturated heterocycles. The van der Waals surface area contributed by atoms with Crippen molar-refractivity contribution < 1.29 is 4.79 Å². The zero-order valence-electron chi connectivity index (χ0n) is 15.6. The number of para-hydroxylation sites is 1. The van der Waals surface area contributed by atoms with Gasteiger partial charge in [-0.3, -0.25) is 14.7 Å². The van der Waals surface area contributed by atoms with E-state index in [0.717, 1.165) is 69.5 Å². The number of likely N-dealkylation sites (N-methyl/N-ethyl adjacent to an activating group) is 1. The molecule has 1 aliphatic heterocycles. The van der Waals surface area contributed by atoms with Crippen LogP contribution in [0.3, 0.4) is 0 Å². The van der Waals surface area contributed by atoms with Gasteiger partial charge in [-0.1, -0.05) is 41.1 Å². The van der Waals surface area contributed by atoms with Gasteiger partial charge in [-0.25, -0.2) is 0 Å². The number of nitrogens with zero attached hydrogens (tertiary/aromatic N) is 2. The average molecular weight is 424 g/mol. The summed E-state index contributed by atoms with van der Waals surface area (Å²) in [5, 5.41) is 4.04. The van der Waals surface area contributed by atoms with Gasteiger partial charge in [-0.15, -0.1) is 0 Å². The number of pyridine rings is 1. The number of carbonyl (C=O) groups excluding carboxylic acids is 1. The molecular weight excluding hydrogens is 402 g/mol. The highest BCUT2D eigenvalue weighted by Crippen LogP contribution is 2.29. The molecule has 3 aromatic rings. The minimum atomic E-state index is -0.0618. The van der Waals surface area contributed by atoms with E-state index in [1.54, 1.807) is 0 Å². The van der Waals surface area contributed by atoms with Crippen LogP contribution in [0.2, 0.25) is 0 Å². The highest BCUT2D eigenvalue weighted by Gasteiger charge is 2.25. The maximum atomic E-state index is 13.4. The number of aromatic nitrogens is 1. The van der Waals surface area contributed by atoms with Gasteiger partial charge in [-0.2, -0.15) is 0 Å². The molecule has 1 amide bonds. The molecule has 0 spiro atoms. The van der Waals surface area contributed by atoms with Gasteiger partial charge in [0.15, 0.2) is 0 Å². The number of benzene rings is 2. The second-order valence-electron chi connectivity index (χ2n) is 6.96. The quantitative estimate of drug-likeness (QED) is 0.648. The first-order valence-electron chi connectivity index (χ1n) is 9.27. The van der Waals surface area contributed by atoms with Gasteiger partial charge in [-0.05, 0) is 43.3 Å². The minimum absolute atomic E-state index is 0.0618. The summed E-state index contributed by atoms with van der Waals surface area (Å²) in [4.78, 5) is 20.6. The molecule has 4 nitrogen and oxygen atoms in total. The summed E-state index contributed by atoms with van der Waals surface area (Å²) < 4.78 is 1.00. The third kappa shape index (κ3) is 3.49. The maximum Gasteiger partial charge on any atom is 0.256 e. The standard InChI is InChI=1S/C22H22BrN3O/c1-3-26-11-10-20-17(13-26)21(16-6-4-5-7-19(16)24-20)22(27)25-18-9-8-15(23)12-14(18)2/h4-9,12H,3,10-11,13H2,1-2H3,(H,25,27). The van der Waals surface area contributed by atoms with Crippen molar-refractivity contribution in [3.05, 3.63) is 69.3 Å². The molecule has 0 bridgehead atoms. The summed E-state index contributed by atoms with van der Waals surface area (Å²) in [6.07, 6.45) is 0.881. The number of rotatable bonds is 3. The number of hydrogen-bond donors (Lipinski definition) is 1. The van der Waals surface area contributed by atoms with Crippen molar-refractivity contribution in [3.8, 4) is 0 Å². The van der Waals surface area contributed by atoms with E-state index >= 15 is 0 Å². The second-order valence-corrected chi connectivity index (χ2v) is 7.88. The summed E-state index contributed by atoms with van der Waals surface area (Å²) in [5.41, 5.74) is 5.63. The maximum absolute atomic E-state index is 13.4. The molecule has 4 rings (SSSR count). The number of fused-ring (bicyclic) bond motifs is 2. The van der Waals surface area contributed by atoms with E-state index in [4.69, 9.17) is 4.98 Å². The van der Waals surface area contributed by atoms with Gasteiger partial charge >= 0.3 is 0 Å². The molecular formula is C22H22BrN3O. The van der Waals surface area contributed by atoms with Crippen LogP contribution in [-0.4, -0.2) is 28.9 Å². The third-order valence-corrected chi connectivity index (χ3v) is 5.73. The summed E-state index contributed by atoms with van der Waals surface area (Å²) in [6, 6.07) is 13.8. The van der Waals surface area contributed by atoms with E-state index in [-0.39, 0.29) is 5.91 Å². The highest BCUT2D eigenvalue weighted by molar-refractivity contribution is 9.10. The van der Waals surface area contributed by atoms with Crippen LogP contribution in [-0.2, 0) is 13.0 Å². The smallest absolute Gasteiger partial charge is 0.256 e. The van der Waals surface area contributed by atoms with Gasteiger partial charge in [0, 0.05) is 46.3 Å². The van der Waals surface area contributed by atoms with E-state index in [9.17, 15) is 4.79 Å². The molecule has 0 aliphatic carbocycles. The molecule has 0 fully saturated rings. The summed E-state index contributed by atoms with van der Waals surface area (Å²) in [5.74, 6) is -0.0618. The zero-order valence-corrected chi connectivity index (χ0v) is 17.1. The van der Waals surface area contributed by atoms with Crippen molar-refractivity contribution in [2.75, 3.05) is 18.4 Å². The minimum Gasteiger partial charge on any atom is -0.322 e. The lowest BCUT2D eigenvalue weighted by Crippen LogP contribution is -2.33. The van der Waals surface area contributed by atoms with Crippen LogP contribution in [0.1, 0.15) is 34.1 Å². The van der Waals surface area contributed by atoms with Crippen LogP contribution in [0.5, 0.6) is 0 Å². The predicted octanol–water partition coefficient (Wildman–Crippen LogP) is 4.94. The first-order valence-corrected chi connectivity index (χ1v) is 10.1. The molecule has 0 saturated carbocycles. The van der Waals surface area contributed by atoms with Crippen LogP contribution in [0.4, 0.5) is 5.69 Å². The summed E-state index contributed by atoms with van der Waals surface area (Å²) in [7, 11) is 0. The van der Waals surface area contributed by atoms with Crippen molar-refractivity contribution in [3.63, 3.8) is 0 Å². The number of aryl methyl sites for hydroxylation is 1. The average Bonchev–Trinajstić information content (AvgIpc) is 2.67. The Hall–Kier alpha value is -2.24. The molecule has 0 radical (unpaired) electrons. The SMILES string of the molecule is CCN1CCc2nc3ccccc3c(C(=O)Nc3ccc(Br)cc3C)c2C1. The van der Waals surface area contributed by atoms with Gasteiger partial charge in [0.05, 0.1) is 11.1 Å². The first-order chi connectivity index (χ1) is 13.1. The molecule has 0 atom stereocenters. The number of halogens is 1. The number of hydrogen-bond acceptors (Lipinski definition) is 3. The van der Waals surface area contributed by atoms with Crippen molar-refractivity contribution in [1.29, 1.82) is 0 Å². The Balaban J connectivity index is 1.82. The molecule has 2 aromatic carbocycles. The monoisotopic (exact) mass is 423 g/mol. The lowest BCUT2D eigenvalue weighted by molar-refractivity contribution is 0.102. The Morgan fingerprint density at radius 2 is 2.07 bits per heavy atom. The fourth-order valence-corrected chi connectivity index (χ4v) is 4.20. The summed E-state index contributed by atoms with van der Waals surface area (Å²) >= 11 is 3.48. The van der Waals surface area contributed by atoms with Crippen LogP contribution in [0.15, 0.2) is 46.9 Å². The van der Waals surface area contributed by atoms with E-state index in [1.165, 1.54) is 0 Å². The van der Waals surface area contributed by atoms with Gasteiger partial charge in [0.25, 0.3) is 5.91 Å². The van der Waals surface area contributed by atoms with Crippen LogP contribution < -0.4 is 5.32 Å². The Labute approximate surface area is 167 Å². The number of carbonyl (C=O) groups is 1. The number of nitrogens with one attached hydrogen (secondary N) is 1. The number of amides is 1. The highest BCUT2D eigenvalue weighted by atomic mass is 79.9. The van der Waals surface area contributed by atoms with Crippen molar-refractivity contribution in [2.24, 2.45) is 0 Å². The zero-order chi connectivity index (χ0) is 19.0. The Kier molecular flexibility index (Phi) is 4.98. The van der Waals surface area contributed by atoms with Crippen molar-refractivity contribution >= 4 is 38.4 Å². The molecule has 27 heavy (non-hydrogen) atoms. The third-order valence-electron chi connectivity index (χ3n) is 5.24. The first kappa shape index (κ1) is 18.1. The largest absolute Gasteiger partial charge is 0.322 e. The van der Waals surface area contributed by atoms with Gasteiger partial charge in [0.1, 0.15) is 0 Å². The van der Waals surface area contributed by atoms with Gasteiger partial charge < -0.3 is 5.32 Å². The van der Waals surface area contributed by atoms with E-state index in [0.29, 0.717) is 0 Å². The topological polar surface area (TPSA) is 45.2 Å². The molecule has 1 aromatic heterocycles. The Morgan fingerprint density at radius 1 is 1.26 bits per heavy atom. The molecule has 1 N–H and O–H groups in total. The Bertz CT molecular complexity index is 1030. The molecule has 138 valence electrons. The fraction of sp³-hybridized carbons (Fsp3) is 0.273. The fourth-order valence-electron chi connectivity index (χ4n) is 3.73. The van der Waals surface area contributed by atoms with Crippen molar-refractivity contribution in [1.82, 2.24) is 9.88 Å². The molecule has 0 unspecified atom stereocenters. The van der Waals surface area contributed by atoms with Crippen LogP contribution in [0.25, 0.3) is 10.9 Å². The van der Waals surface area contributed by atoms with E-state index < -0.39 is 0 Å². The van der Waals surface area contributed by atoms with E-state index in [1.807, 2.05) is 49.4 Å². The van der Waals surface area contributed by atoms with Crippen molar-refractivity contribution in [2.45, 2.75) is 26.8 Å². The normalized spacial score (nSPS) is 14.2. The lowest BCUT2D eigenvalue weighted by Gasteiger charge is -2.29. The van der Waals surface area contributed by atoms with Crippen LogP contribution in [0, 0.1) is 6.92 Å². The molecule has 1 aliphatic rings. The van der Waals surface area contributed by atoms with Crippen LogP contribution >= 0.6 is 15.9 Å². The lowest BCUT2D eigenvalue weighted by atomic mass is 9.95. The number of anilines is 1. The Morgan fingerprint density at radius 3 is 2.85 bits per heavy atom. The second kappa shape index (κ2) is 7.41. The predicted molar refractivity (Wildman–Crippen MR) is 113 cm³/mol. The molecule has 2 heterocycles. The molecule has 5 heteroatoms.